The van der Waals surface area contributed by atoms with E-state index in [9.17, 15) is 0 Å². The molecule has 3 nitrogen and oxygen atoms in total. The summed E-state index contributed by atoms with van der Waals surface area (Å²) in [6.45, 7) is 7.32. The molecule has 1 heterocycles. The molecule has 14 heavy (non-hydrogen) atoms. The molecule has 1 rings (SSSR count). The van der Waals surface area contributed by atoms with Crippen molar-refractivity contribution < 1.29 is 5.11 Å². The summed E-state index contributed by atoms with van der Waals surface area (Å²) in [5.74, 6) is 0.229. The van der Waals surface area contributed by atoms with Crippen LogP contribution in [0.15, 0.2) is 18.3 Å². The smallest absolute Gasteiger partial charge is 0.133 e. The lowest BCUT2D eigenvalue weighted by molar-refractivity contribution is 0.277. The maximum absolute atomic E-state index is 9.08. The quantitative estimate of drug-likeness (QED) is 0.779. The van der Waals surface area contributed by atoms with Gasteiger partial charge in [0, 0.05) is 6.54 Å². The van der Waals surface area contributed by atoms with Gasteiger partial charge in [0.2, 0.25) is 0 Å². The molecule has 0 aliphatic heterocycles. The second-order valence-electron chi connectivity index (χ2n) is 3.38. The van der Waals surface area contributed by atoms with Gasteiger partial charge in [0.05, 0.1) is 11.9 Å². The molecule has 1 aromatic rings. The van der Waals surface area contributed by atoms with E-state index >= 15 is 0 Å². The molecule has 0 radical (unpaired) electrons. The summed E-state index contributed by atoms with van der Waals surface area (Å²) in [5, 5.41) is 9.08. The van der Waals surface area contributed by atoms with E-state index < -0.39 is 0 Å². The molecule has 0 saturated carbocycles. The van der Waals surface area contributed by atoms with Crippen LogP contribution in [0.3, 0.4) is 0 Å². The highest BCUT2D eigenvalue weighted by Crippen LogP contribution is 2.08. The first-order chi connectivity index (χ1) is 6.76. The van der Waals surface area contributed by atoms with Crippen molar-refractivity contribution in [1.82, 2.24) is 9.88 Å². The molecule has 0 amide bonds. The molecule has 78 valence electrons. The minimum absolute atomic E-state index is 0.229. The van der Waals surface area contributed by atoms with E-state index in [0.29, 0.717) is 0 Å². The molecular weight excluding hydrogens is 176 g/mol. The Morgan fingerprint density at radius 3 is 2.64 bits per heavy atom. The molecule has 0 atom stereocenters. The lowest BCUT2D eigenvalue weighted by Crippen LogP contribution is -2.23. The third kappa shape index (κ3) is 3.34. The zero-order valence-electron chi connectivity index (χ0n) is 8.90. The number of nitrogens with zero attached hydrogens (tertiary/aromatic N) is 2. The van der Waals surface area contributed by atoms with Crippen LogP contribution in [-0.2, 0) is 6.54 Å². The second kappa shape index (κ2) is 5.60. The van der Waals surface area contributed by atoms with E-state index in [4.69, 9.17) is 5.11 Å². The van der Waals surface area contributed by atoms with Gasteiger partial charge in [0.15, 0.2) is 0 Å². The average molecular weight is 194 g/mol. The fourth-order valence-electron chi connectivity index (χ4n) is 1.40. The fraction of sp³-hybridized carbons (Fsp3) is 0.545. The molecule has 3 heteroatoms. The minimum atomic E-state index is 0.229. The van der Waals surface area contributed by atoms with Gasteiger partial charge in [-0.1, -0.05) is 13.8 Å². The molecule has 0 fully saturated rings. The Balaban J connectivity index is 2.53. The van der Waals surface area contributed by atoms with Crippen molar-refractivity contribution in [2.75, 3.05) is 13.1 Å². The zero-order valence-corrected chi connectivity index (χ0v) is 8.90. The molecule has 1 N–H and O–H groups in total. The Morgan fingerprint density at radius 2 is 2.14 bits per heavy atom. The second-order valence-corrected chi connectivity index (χ2v) is 3.38. The molecule has 0 aliphatic rings. The maximum atomic E-state index is 9.08. The normalized spacial score (nSPS) is 10.8. The van der Waals surface area contributed by atoms with Gasteiger partial charge < -0.3 is 5.11 Å². The van der Waals surface area contributed by atoms with E-state index in [2.05, 4.69) is 23.7 Å². The average Bonchev–Trinajstić information content (AvgIpc) is 2.20. The largest absolute Gasteiger partial charge is 0.506 e. The number of hydrogen-bond acceptors (Lipinski definition) is 3. The molecule has 1 aromatic heterocycles. The van der Waals surface area contributed by atoms with Crippen LogP contribution < -0.4 is 0 Å². The van der Waals surface area contributed by atoms with Crippen molar-refractivity contribution in [1.29, 1.82) is 0 Å². The number of hydrogen-bond donors (Lipinski definition) is 1. The highest BCUT2D eigenvalue weighted by molar-refractivity contribution is 5.17. The van der Waals surface area contributed by atoms with Crippen LogP contribution in [0.25, 0.3) is 0 Å². The summed E-state index contributed by atoms with van der Waals surface area (Å²) in [6, 6.07) is 3.55. The Bertz CT molecular complexity index is 258. The first kappa shape index (κ1) is 11.0. The molecule has 0 bridgehead atoms. The Kier molecular flexibility index (Phi) is 4.40. The van der Waals surface area contributed by atoms with Crippen LogP contribution in [0.5, 0.6) is 5.75 Å². The first-order valence-electron chi connectivity index (χ1n) is 5.12. The van der Waals surface area contributed by atoms with Gasteiger partial charge in [-0.2, -0.15) is 0 Å². The number of rotatable bonds is 5. The molecule has 0 saturated heterocycles. The van der Waals surface area contributed by atoms with Crippen molar-refractivity contribution in [3.63, 3.8) is 0 Å². The van der Waals surface area contributed by atoms with Crippen molar-refractivity contribution in [2.24, 2.45) is 0 Å². The summed E-state index contributed by atoms with van der Waals surface area (Å²) in [5.41, 5.74) is 1.01. The van der Waals surface area contributed by atoms with Gasteiger partial charge in [-0.15, -0.1) is 0 Å². The van der Waals surface area contributed by atoms with Crippen LogP contribution in [0, 0.1) is 0 Å². The van der Waals surface area contributed by atoms with Gasteiger partial charge in [-0.25, -0.2) is 0 Å². The third-order valence-electron chi connectivity index (χ3n) is 2.18. The van der Waals surface area contributed by atoms with E-state index in [1.807, 2.05) is 6.07 Å². The maximum Gasteiger partial charge on any atom is 0.133 e. The number of aromatic hydroxyl groups is 1. The standard InChI is InChI=1S/C11H18N2O/c1-3-7-13(4-2)9-10-5-6-11(14)8-12-10/h5-6,8,14H,3-4,7,9H2,1-2H3. The highest BCUT2D eigenvalue weighted by Gasteiger charge is 2.02. The molecule has 0 unspecified atom stereocenters. The summed E-state index contributed by atoms with van der Waals surface area (Å²) in [7, 11) is 0. The van der Waals surface area contributed by atoms with Crippen molar-refractivity contribution in [2.45, 2.75) is 26.8 Å². The molecule has 0 aliphatic carbocycles. The van der Waals surface area contributed by atoms with Crippen LogP contribution in [0.1, 0.15) is 26.0 Å². The first-order valence-corrected chi connectivity index (χ1v) is 5.12. The lowest BCUT2D eigenvalue weighted by Gasteiger charge is -2.18. The highest BCUT2D eigenvalue weighted by atomic mass is 16.3. The number of aromatic nitrogens is 1. The molecular formula is C11H18N2O. The van der Waals surface area contributed by atoms with Gasteiger partial charge in [0.1, 0.15) is 5.75 Å². The topological polar surface area (TPSA) is 36.4 Å². The van der Waals surface area contributed by atoms with Crippen molar-refractivity contribution in [3.8, 4) is 5.75 Å². The SMILES string of the molecule is CCCN(CC)Cc1ccc(O)cn1. The van der Waals surface area contributed by atoms with Gasteiger partial charge >= 0.3 is 0 Å². The van der Waals surface area contributed by atoms with Crippen LogP contribution in [0.2, 0.25) is 0 Å². The van der Waals surface area contributed by atoms with E-state index in [0.717, 1.165) is 31.7 Å². The lowest BCUT2D eigenvalue weighted by atomic mass is 10.3. The van der Waals surface area contributed by atoms with E-state index in [1.165, 1.54) is 6.20 Å². The molecule has 0 aromatic carbocycles. The van der Waals surface area contributed by atoms with E-state index in [-0.39, 0.29) is 5.75 Å². The minimum Gasteiger partial charge on any atom is -0.506 e. The number of pyridine rings is 1. The van der Waals surface area contributed by atoms with Crippen LogP contribution in [0.4, 0.5) is 0 Å². The fourth-order valence-corrected chi connectivity index (χ4v) is 1.40. The summed E-state index contributed by atoms with van der Waals surface area (Å²) in [4.78, 5) is 6.49. The Morgan fingerprint density at radius 1 is 1.36 bits per heavy atom. The summed E-state index contributed by atoms with van der Waals surface area (Å²) in [6.07, 6.45) is 2.65. The predicted octanol–water partition coefficient (Wildman–Crippen LogP) is 2.02. The van der Waals surface area contributed by atoms with Gasteiger partial charge in [-0.3, -0.25) is 9.88 Å². The van der Waals surface area contributed by atoms with E-state index in [1.54, 1.807) is 6.07 Å². The monoisotopic (exact) mass is 194 g/mol. The third-order valence-corrected chi connectivity index (χ3v) is 2.18. The van der Waals surface area contributed by atoms with Crippen LogP contribution >= 0.6 is 0 Å². The molecule has 0 spiro atoms. The van der Waals surface area contributed by atoms with Gasteiger partial charge in [0.25, 0.3) is 0 Å². The van der Waals surface area contributed by atoms with Crippen LogP contribution in [-0.4, -0.2) is 28.1 Å². The zero-order chi connectivity index (χ0) is 10.4. The predicted molar refractivity (Wildman–Crippen MR) is 57.1 cm³/mol. The van der Waals surface area contributed by atoms with Crippen molar-refractivity contribution in [3.05, 3.63) is 24.0 Å². The summed E-state index contributed by atoms with van der Waals surface area (Å²) < 4.78 is 0. The summed E-state index contributed by atoms with van der Waals surface area (Å²) >= 11 is 0. The Hall–Kier alpha value is -1.09. The van der Waals surface area contributed by atoms with Crippen molar-refractivity contribution >= 4 is 0 Å². The Labute approximate surface area is 85.4 Å². The van der Waals surface area contributed by atoms with Gasteiger partial charge in [-0.05, 0) is 31.6 Å².